The van der Waals surface area contributed by atoms with E-state index < -0.39 is 0 Å². The minimum absolute atomic E-state index is 0.690. The number of hydrogen-bond acceptors (Lipinski definition) is 3. The third-order valence-electron chi connectivity index (χ3n) is 2.32. The van der Waals surface area contributed by atoms with Crippen LogP contribution in [0.15, 0.2) is 24.3 Å². The predicted molar refractivity (Wildman–Crippen MR) is 59.1 cm³/mol. The fraction of sp³-hybridized carbons (Fsp3) is 0.364. The zero-order valence-electron chi connectivity index (χ0n) is 7.86. The van der Waals surface area contributed by atoms with Gasteiger partial charge in [-0.05, 0) is 17.7 Å². The first-order chi connectivity index (χ1) is 6.88. The summed E-state index contributed by atoms with van der Waals surface area (Å²) in [6.45, 7) is 0.914. The molecule has 0 spiro atoms. The van der Waals surface area contributed by atoms with E-state index in [4.69, 9.17) is 5.26 Å². The van der Waals surface area contributed by atoms with Crippen molar-refractivity contribution in [3.05, 3.63) is 35.4 Å². The van der Waals surface area contributed by atoms with Crippen molar-refractivity contribution in [3.8, 4) is 6.07 Å². The second kappa shape index (κ2) is 4.50. The van der Waals surface area contributed by atoms with E-state index in [1.807, 2.05) is 36.0 Å². The maximum Gasteiger partial charge on any atom is 0.0991 e. The molecule has 1 saturated heterocycles. The Morgan fingerprint density at radius 1 is 1.36 bits per heavy atom. The highest BCUT2D eigenvalue weighted by molar-refractivity contribution is 8.00. The molecule has 0 amide bonds. The van der Waals surface area contributed by atoms with Crippen LogP contribution in [-0.2, 0) is 6.54 Å². The Morgan fingerprint density at radius 3 is 2.57 bits per heavy atom. The predicted octanol–water partition coefficient (Wildman–Crippen LogP) is 1.76. The molecule has 2 nitrogen and oxygen atoms in total. The van der Waals surface area contributed by atoms with Gasteiger partial charge in [0.15, 0.2) is 0 Å². The molecule has 0 bridgehead atoms. The van der Waals surface area contributed by atoms with Gasteiger partial charge in [-0.25, -0.2) is 0 Å². The molecular weight excluding hydrogens is 192 g/mol. The highest BCUT2D eigenvalue weighted by Crippen LogP contribution is 2.17. The first kappa shape index (κ1) is 9.57. The second-order valence-corrected chi connectivity index (χ2v) is 4.50. The lowest BCUT2D eigenvalue weighted by Crippen LogP contribution is -2.39. The number of nitrogens with zero attached hydrogens (tertiary/aromatic N) is 1. The molecule has 3 heteroatoms. The number of hydrogen-bond donors (Lipinski definition) is 1. The number of benzene rings is 1. The molecule has 2 rings (SSSR count). The molecule has 0 radical (unpaired) electrons. The summed E-state index contributed by atoms with van der Waals surface area (Å²) in [6, 6.07) is 10.6. The van der Waals surface area contributed by atoms with Crippen molar-refractivity contribution in [1.29, 1.82) is 5.26 Å². The molecule has 0 unspecified atom stereocenters. The normalized spacial score (nSPS) is 15.9. The quantitative estimate of drug-likeness (QED) is 0.815. The van der Waals surface area contributed by atoms with Crippen LogP contribution in [0.25, 0.3) is 0 Å². The Bertz CT molecular complexity index is 335. The van der Waals surface area contributed by atoms with Gasteiger partial charge in [0.05, 0.1) is 11.6 Å². The van der Waals surface area contributed by atoms with Crippen molar-refractivity contribution >= 4 is 11.8 Å². The van der Waals surface area contributed by atoms with Crippen LogP contribution in [0.1, 0.15) is 11.1 Å². The first-order valence-corrected chi connectivity index (χ1v) is 5.84. The highest BCUT2D eigenvalue weighted by Gasteiger charge is 2.16. The molecule has 1 aliphatic heterocycles. The van der Waals surface area contributed by atoms with Crippen molar-refractivity contribution < 1.29 is 0 Å². The zero-order chi connectivity index (χ0) is 9.80. The minimum Gasteiger partial charge on any atom is -0.308 e. The third-order valence-corrected chi connectivity index (χ3v) is 3.59. The first-order valence-electron chi connectivity index (χ1n) is 4.68. The highest BCUT2D eigenvalue weighted by atomic mass is 32.2. The van der Waals surface area contributed by atoms with Gasteiger partial charge in [-0.15, -0.1) is 0 Å². The summed E-state index contributed by atoms with van der Waals surface area (Å²) in [5.74, 6) is 2.46. The van der Waals surface area contributed by atoms with Gasteiger partial charge in [0.2, 0.25) is 0 Å². The molecule has 1 aromatic rings. The molecule has 1 aliphatic rings. The molecule has 1 heterocycles. The van der Waals surface area contributed by atoms with Crippen LogP contribution in [0.3, 0.4) is 0 Å². The molecule has 0 atom stereocenters. The van der Waals surface area contributed by atoms with Crippen LogP contribution < -0.4 is 5.32 Å². The summed E-state index contributed by atoms with van der Waals surface area (Å²) in [6.07, 6.45) is 0. The lowest BCUT2D eigenvalue weighted by molar-refractivity contribution is 0.583. The van der Waals surface area contributed by atoms with Crippen molar-refractivity contribution in [2.24, 2.45) is 0 Å². The summed E-state index contributed by atoms with van der Waals surface area (Å²) in [7, 11) is 0. The molecule has 0 aromatic heterocycles. The van der Waals surface area contributed by atoms with E-state index >= 15 is 0 Å². The molecule has 0 aliphatic carbocycles. The van der Waals surface area contributed by atoms with Crippen LogP contribution in [0.4, 0.5) is 0 Å². The van der Waals surface area contributed by atoms with Gasteiger partial charge in [-0.2, -0.15) is 17.0 Å². The minimum atomic E-state index is 0.690. The number of thioether (sulfide) groups is 1. The van der Waals surface area contributed by atoms with Crippen LogP contribution in [-0.4, -0.2) is 17.5 Å². The van der Waals surface area contributed by atoms with Crippen LogP contribution in [0.2, 0.25) is 0 Å². The number of rotatable bonds is 3. The summed E-state index contributed by atoms with van der Waals surface area (Å²) >= 11 is 1.98. The Morgan fingerprint density at radius 2 is 2.07 bits per heavy atom. The van der Waals surface area contributed by atoms with E-state index in [2.05, 4.69) is 11.4 Å². The molecule has 1 fully saturated rings. The standard InChI is InChI=1S/C11H12N2S/c12-5-9-1-3-10(4-2-9)6-13-11-7-14-8-11/h1-4,11,13H,6-8H2. The van der Waals surface area contributed by atoms with E-state index in [0.29, 0.717) is 6.04 Å². The maximum absolute atomic E-state index is 8.63. The maximum atomic E-state index is 8.63. The average molecular weight is 204 g/mol. The Kier molecular flexibility index (Phi) is 3.07. The second-order valence-electron chi connectivity index (χ2n) is 3.42. The molecule has 14 heavy (non-hydrogen) atoms. The van der Waals surface area contributed by atoms with Gasteiger partial charge in [-0.1, -0.05) is 12.1 Å². The van der Waals surface area contributed by atoms with Gasteiger partial charge >= 0.3 is 0 Å². The third kappa shape index (κ3) is 2.28. The van der Waals surface area contributed by atoms with E-state index in [-0.39, 0.29) is 0 Å². The van der Waals surface area contributed by atoms with Crippen LogP contribution in [0, 0.1) is 11.3 Å². The summed E-state index contributed by atoms with van der Waals surface area (Å²) < 4.78 is 0. The molecule has 72 valence electrons. The summed E-state index contributed by atoms with van der Waals surface area (Å²) in [5, 5.41) is 12.1. The van der Waals surface area contributed by atoms with Gasteiger partial charge in [0.1, 0.15) is 0 Å². The summed E-state index contributed by atoms with van der Waals surface area (Å²) in [5.41, 5.74) is 1.98. The Balaban J connectivity index is 1.86. The zero-order valence-corrected chi connectivity index (χ0v) is 8.68. The van der Waals surface area contributed by atoms with Gasteiger partial charge < -0.3 is 5.32 Å². The summed E-state index contributed by atoms with van der Waals surface area (Å²) in [4.78, 5) is 0. The van der Waals surface area contributed by atoms with Crippen molar-refractivity contribution in [2.75, 3.05) is 11.5 Å². The van der Waals surface area contributed by atoms with Crippen LogP contribution in [0.5, 0.6) is 0 Å². The molecule has 0 saturated carbocycles. The fourth-order valence-corrected chi connectivity index (χ4v) is 2.02. The largest absolute Gasteiger partial charge is 0.308 e. The SMILES string of the molecule is N#Cc1ccc(CNC2CSC2)cc1. The van der Waals surface area contributed by atoms with Crippen molar-refractivity contribution in [3.63, 3.8) is 0 Å². The van der Waals surface area contributed by atoms with Gasteiger partial charge in [-0.3, -0.25) is 0 Å². The molecular formula is C11H12N2S. The van der Waals surface area contributed by atoms with Crippen LogP contribution >= 0.6 is 11.8 Å². The lowest BCUT2D eigenvalue weighted by atomic mass is 10.1. The van der Waals surface area contributed by atoms with Crippen molar-refractivity contribution in [2.45, 2.75) is 12.6 Å². The topological polar surface area (TPSA) is 35.8 Å². The monoisotopic (exact) mass is 204 g/mol. The molecule has 1 aromatic carbocycles. The Labute approximate surface area is 88.3 Å². The Hall–Kier alpha value is -0.980. The van der Waals surface area contributed by atoms with Gasteiger partial charge in [0, 0.05) is 24.1 Å². The van der Waals surface area contributed by atoms with E-state index in [0.717, 1.165) is 12.1 Å². The van der Waals surface area contributed by atoms with E-state index in [9.17, 15) is 0 Å². The van der Waals surface area contributed by atoms with E-state index in [1.165, 1.54) is 17.1 Å². The number of nitriles is 1. The lowest BCUT2D eigenvalue weighted by Gasteiger charge is -2.26. The fourth-order valence-electron chi connectivity index (χ4n) is 1.31. The average Bonchev–Trinajstić information content (AvgIpc) is 2.16. The van der Waals surface area contributed by atoms with Gasteiger partial charge in [0.25, 0.3) is 0 Å². The number of nitrogens with one attached hydrogen (secondary N) is 1. The molecule has 1 N–H and O–H groups in total. The van der Waals surface area contributed by atoms with Crippen molar-refractivity contribution in [1.82, 2.24) is 5.32 Å². The smallest absolute Gasteiger partial charge is 0.0991 e. The van der Waals surface area contributed by atoms with E-state index in [1.54, 1.807) is 0 Å².